The van der Waals surface area contributed by atoms with Crippen LogP contribution in [0.3, 0.4) is 0 Å². The van der Waals surface area contributed by atoms with Crippen molar-refractivity contribution in [3.8, 4) is 5.75 Å². The predicted molar refractivity (Wildman–Crippen MR) is 163 cm³/mol. The number of aliphatic carboxylic acids is 1. The van der Waals surface area contributed by atoms with Gasteiger partial charge in [-0.05, 0) is 48.2 Å². The van der Waals surface area contributed by atoms with E-state index in [9.17, 15) is 45.8 Å². The van der Waals surface area contributed by atoms with E-state index in [0.717, 1.165) is 30.0 Å². The van der Waals surface area contributed by atoms with Crippen LogP contribution in [0, 0.1) is 5.92 Å². The molecule has 0 aliphatic carbocycles. The zero-order valence-corrected chi connectivity index (χ0v) is 25.7. The molecule has 1 aromatic heterocycles. The Hall–Kier alpha value is -4.80. The number of piperidine rings is 1. The lowest BCUT2D eigenvalue weighted by Crippen LogP contribution is -2.47. The molecule has 1 aliphatic rings. The van der Waals surface area contributed by atoms with Gasteiger partial charge in [0.2, 0.25) is 11.9 Å². The lowest BCUT2D eigenvalue weighted by atomic mass is 9.96. The van der Waals surface area contributed by atoms with Gasteiger partial charge in [-0.1, -0.05) is 42.5 Å². The Balaban J connectivity index is 1.46. The molecular weight excluding hydrogens is 668 g/mol. The molecule has 2 heterocycles. The van der Waals surface area contributed by atoms with Crippen LogP contribution in [-0.2, 0) is 26.3 Å². The number of halogens is 6. The van der Waals surface area contributed by atoms with E-state index in [1.165, 1.54) is 34.9 Å². The van der Waals surface area contributed by atoms with Crippen molar-refractivity contribution >= 4 is 41.6 Å². The fourth-order valence-corrected chi connectivity index (χ4v) is 5.61. The minimum Gasteiger partial charge on any atom is -0.480 e. The van der Waals surface area contributed by atoms with E-state index in [1.54, 1.807) is 0 Å². The van der Waals surface area contributed by atoms with E-state index < -0.39 is 53.7 Å². The molecule has 1 aliphatic heterocycles. The normalized spacial score (nSPS) is 15.0. The Morgan fingerprint density at radius 2 is 1.67 bits per heavy atom. The van der Waals surface area contributed by atoms with Gasteiger partial charge in [0.05, 0.1) is 0 Å². The molecule has 4 rings (SSSR count). The van der Waals surface area contributed by atoms with Gasteiger partial charge >= 0.3 is 18.5 Å². The van der Waals surface area contributed by atoms with Gasteiger partial charge in [0, 0.05) is 36.7 Å². The number of carboxylic acid groups (broad SMARTS) is 1. The fourth-order valence-electron chi connectivity index (χ4n) is 4.61. The first-order valence-corrected chi connectivity index (χ1v) is 15.5. The second kappa shape index (κ2) is 15.9. The molecule has 0 spiro atoms. The second-order valence-electron chi connectivity index (χ2n) is 10.5. The minimum atomic E-state index is -4.93. The highest BCUT2D eigenvalue weighted by atomic mass is 32.2. The lowest BCUT2D eigenvalue weighted by Gasteiger charge is -2.31. The first-order chi connectivity index (χ1) is 22.7. The standard InChI is InChI=1S/C31H29F6N5O5S/c32-30(33,34)25-10-13-38-29(41-25)42-14-11-21(12-15-42)26(43)39-23(16-19-6-8-22(9-7-19)47-31(35,36)37)27(44)40-24(28(45)46)18-48-17-20-4-2-1-3-5-20/h1-10,13,16,21,24H,11-12,14-15,17-18H2,(H,39,43)(H,40,44)(H,45,46)/b23-16+/t24-/m0/s1. The largest absolute Gasteiger partial charge is 0.573 e. The van der Waals surface area contributed by atoms with Crippen molar-refractivity contribution in [1.29, 1.82) is 0 Å². The number of anilines is 1. The van der Waals surface area contributed by atoms with Crippen LogP contribution in [0.2, 0.25) is 0 Å². The van der Waals surface area contributed by atoms with Gasteiger partial charge in [-0.2, -0.15) is 24.9 Å². The number of carbonyl (C=O) groups is 3. The molecule has 0 bridgehead atoms. The highest BCUT2D eigenvalue weighted by molar-refractivity contribution is 7.98. The minimum absolute atomic E-state index is 0.0171. The first kappa shape index (κ1) is 36.0. The summed E-state index contributed by atoms with van der Waals surface area (Å²) >= 11 is 1.26. The molecule has 48 heavy (non-hydrogen) atoms. The lowest BCUT2D eigenvalue weighted by molar-refractivity contribution is -0.274. The third-order valence-corrected chi connectivity index (χ3v) is 8.12. The van der Waals surface area contributed by atoms with E-state index in [0.29, 0.717) is 5.75 Å². The number of alkyl halides is 6. The predicted octanol–water partition coefficient (Wildman–Crippen LogP) is 5.27. The summed E-state index contributed by atoms with van der Waals surface area (Å²) in [6, 6.07) is 13.0. The van der Waals surface area contributed by atoms with E-state index >= 15 is 0 Å². The summed E-state index contributed by atoms with van der Waals surface area (Å²) in [5.41, 5.74) is -0.344. The molecule has 1 fully saturated rings. The van der Waals surface area contributed by atoms with E-state index in [1.807, 2.05) is 30.3 Å². The number of amides is 2. The van der Waals surface area contributed by atoms with Gasteiger partial charge in [-0.15, -0.1) is 13.2 Å². The van der Waals surface area contributed by atoms with Crippen molar-refractivity contribution in [1.82, 2.24) is 20.6 Å². The summed E-state index contributed by atoms with van der Waals surface area (Å²) in [6.45, 7) is 0.260. The quantitative estimate of drug-likeness (QED) is 0.171. The number of thioether (sulfide) groups is 1. The average molecular weight is 698 g/mol. The maximum atomic E-state index is 13.4. The van der Waals surface area contributed by atoms with Crippen molar-refractivity contribution < 1.29 is 50.6 Å². The van der Waals surface area contributed by atoms with Crippen LogP contribution in [0.5, 0.6) is 5.75 Å². The summed E-state index contributed by atoms with van der Waals surface area (Å²) in [5, 5.41) is 14.6. The molecule has 1 atom stereocenters. The summed E-state index contributed by atoms with van der Waals surface area (Å²) in [4.78, 5) is 47.6. The molecule has 0 unspecified atom stereocenters. The van der Waals surface area contributed by atoms with E-state index in [2.05, 4.69) is 25.3 Å². The van der Waals surface area contributed by atoms with Crippen LogP contribution in [0.15, 0.2) is 72.6 Å². The number of ether oxygens (including phenoxy) is 1. The third-order valence-electron chi connectivity index (χ3n) is 7.01. The molecule has 2 aromatic carbocycles. The van der Waals surface area contributed by atoms with Crippen LogP contribution in [0.4, 0.5) is 32.3 Å². The number of carboxylic acids is 1. The molecule has 3 N–H and O–H groups in total. The Morgan fingerprint density at radius 1 is 1.00 bits per heavy atom. The third kappa shape index (κ3) is 10.9. The maximum Gasteiger partial charge on any atom is 0.573 e. The fraction of sp³-hybridized carbons (Fsp3) is 0.323. The van der Waals surface area contributed by atoms with Gasteiger partial charge < -0.3 is 25.4 Å². The number of nitrogens with one attached hydrogen (secondary N) is 2. The topological polar surface area (TPSA) is 134 Å². The molecule has 3 aromatic rings. The van der Waals surface area contributed by atoms with E-state index in [-0.39, 0.29) is 48.9 Å². The number of aromatic nitrogens is 2. The zero-order valence-electron chi connectivity index (χ0n) is 24.9. The smallest absolute Gasteiger partial charge is 0.480 e. The average Bonchev–Trinajstić information content (AvgIpc) is 3.04. The van der Waals surface area contributed by atoms with Crippen LogP contribution in [0.25, 0.3) is 6.08 Å². The SMILES string of the molecule is O=C(N[C@@H](CSCc1ccccc1)C(=O)O)/C(=C\c1ccc(OC(F)(F)F)cc1)NC(=O)C1CCN(c2nccc(C(F)(F)F)n2)CC1. The molecular formula is C31H29F6N5O5S. The summed E-state index contributed by atoms with van der Waals surface area (Å²) < 4.78 is 81.0. The van der Waals surface area contributed by atoms with Crippen LogP contribution < -0.4 is 20.3 Å². The molecule has 0 radical (unpaired) electrons. The highest BCUT2D eigenvalue weighted by Crippen LogP contribution is 2.29. The Bertz CT molecular complexity index is 1600. The van der Waals surface area contributed by atoms with Gasteiger partial charge in [-0.25, -0.2) is 14.8 Å². The molecule has 2 amide bonds. The Kier molecular flexibility index (Phi) is 11.9. The van der Waals surface area contributed by atoms with Crippen molar-refractivity contribution in [2.75, 3.05) is 23.7 Å². The molecule has 10 nitrogen and oxygen atoms in total. The number of rotatable bonds is 12. The molecule has 1 saturated heterocycles. The number of nitrogens with zero attached hydrogens (tertiary/aromatic N) is 3. The van der Waals surface area contributed by atoms with Crippen molar-refractivity contribution in [2.45, 2.75) is 37.2 Å². The molecule has 0 saturated carbocycles. The Morgan fingerprint density at radius 3 is 2.27 bits per heavy atom. The summed E-state index contributed by atoms with van der Waals surface area (Å²) in [7, 11) is 0. The highest BCUT2D eigenvalue weighted by Gasteiger charge is 2.34. The molecule has 17 heteroatoms. The van der Waals surface area contributed by atoms with Crippen LogP contribution in [-0.4, -0.2) is 64.1 Å². The van der Waals surface area contributed by atoms with Gasteiger partial charge in [0.15, 0.2) is 0 Å². The number of hydrogen-bond donors (Lipinski definition) is 3. The van der Waals surface area contributed by atoms with Crippen molar-refractivity contribution in [2.24, 2.45) is 5.92 Å². The van der Waals surface area contributed by atoms with E-state index in [4.69, 9.17) is 0 Å². The van der Waals surface area contributed by atoms with Gasteiger partial charge in [0.1, 0.15) is 23.2 Å². The van der Waals surface area contributed by atoms with Gasteiger partial charge in [-0.3, -0.25) is 9.59 Å². The zero-order chi connectivity index (χ0) is 34.9. The Labute approximate surface area is 274 Å². The number of hydrogen-bond acceptors (Lipinski definition) is 8. The summed E-state index contributed by atoms with van der Waals surface area (Å²) in [6.07, 6.45) is -7.09. The summed E-state index contributed by atoms with van der Waals surface area (Å²) in [5.74, 6) is -3.81. The molecule has 256 valence electrons. The monoisotopic (exact) mass is 697 g/mol. The van der Waals surface area contributed by atoms with Crippen molar-refractivity contribution in [3.63, 3.8) is 0 Å². The second-order valence-corrected chi connectivity index (χ2v) is 11.6. The number of benzene rings is 2. The van der Waals surface area contributed by atoms with Gasteiger partial charge in [0.25, 0.3) is 5.91 Å². The maximum absolute atomic E-state index is 13.4. The van der Waals surface area contributed by atoms with Crippen molar-refractivity contribution in [3.05, 3.63) is 89.4 Å². The first-order valence-electron chi connectivity index (χ1n) is 14.4. The number of carbonyl (C=O) groups excluding carboxylic acids is 2. The van der Waals surface area contributed by atoms with Crippen LogP contribution in [0.1, 0.15) is 29.7 Å². The van der Waals surface area contributed by atoms with Crippen LogP contribution >= 0.6 is 11.8 Å².